The van der Waals surface area contributed by atoms with E-state index in [-0.39, 0.29) is 12.5 Å². The average Bonchev–Trinajstić information content (AvgIpc) is 3.21. The summed E-state index contributed by atoms with van der Waals surface area (Å²) in [5.74, 6) is 1.25. The zero-order valence-electron chi connectivity index (χ0n) is 17.6. The highest BCUT2D eigenvalue weighted by Gasteiger charge is 2.26. The zero-order valence-corrected chi connectivity index (χ0v) is 19.2. The summed E-state index contributed by atoms with van der Waals surface area (Å²) in [6.07, 6.45) is 4.04. The molecular formula is C22H25BrN6O3. The molecule has 2 atom stereocenters. The fraction of sp³-hybridized carbons (Fsp3) is 0.318. The molecule has 0 amide bonds. The smallest absolute Gasteiger partial charge is 0.147 e. The first-order valence-corrected chi connectivity index (χ1v) is 11.0. The van der Waals surface area contributed by atoms with Gasteiger partial charge in [-0.05, 0) is 60.0 Å². The Morgan fingerprint density at radius 1 is 1.19 bits per heavy atom. The van der Waals surface area contributed by atoms with E-state index in [0.29, 0.717) is 47.9 Å². The second-order valence-electron chi connectivity index (χ2n) is 8.01. The third-order valence-corrected chi connectivity index (χ3v) is 6.21. The molecule has 10 heteroatoms. The van der Waals surface area contributed by atoms with E-state index in [4.69, 9.17) is 16.2 Å². The first-order valence-electron chi connectivity index (χ1n) is 10.2. The molecule has 0 unspecified atom stereocenters. The van der Waals surface area contributed by atoms with Gasteiger partial charge in [-0.3, -0.25) is 0 Å². The van der Waals surface area contributed by atoms with Crippen LogP contribution in [0.2, 0.25) is 0 Å². The van der Waals surface area contributed by atoms with E-state index < -0.39 is 5.72 Å². The minimum absolute atomic E-state index is 0.0661. The van der Waals surface area contributed by atoms with Gasteiger partial charge in [-0.25, -0.2) is 15.0 Å². The fourth-order valence-electron chi connectivity index (χ4n) is 3.62. The molecule has 0 spiro atoms. The molecule has 0 aliphatic carbocycles. The highest BCUT2D eigenvalue weighted by Crippen LogP contribution is 2.29. The monoisotopic (exact) mass is 500 g/mol. The molecular weight excluding hydrogens is 476 g/mol. The topological polar surface area (TPSA) is 145 Å². The van der Waals surface area contributed by atoms with E-state index in [1.807, 2.05) is 24.3 Å². The number of halogens is 1. The van der Waals surface area contributed by atoms with Gasteiger partial charge >= 0.3 is 0 Å². The number of fused-ring (bicyclic) bond motifs is 2. The van der Waals surface area contributed by atoms with Gasteiger partial charge in [0, 0.05) is 30.2 Å². The molecule has 0 aliphatic heterocycles. The summed E-state index contributed by atoms with van der Waals surface area (Å²) in [7, 11) is 0. The van der Waals surface area contributed by atoms with Gasteiger partial charge in [-0.1, -0.05) is 0 Å². The van der Waals surface area contributed by atoms with Gasteiger partial charge in [-0.15, -0.1) is 0 Å². The van der Waals surface area contributed by atoms with Crippen LogP contribution in [0, 0.1) is 5.92 Å². The van der Waals surface area contributed by atoms with Crippen molar-refractivity contribution in [1.82, 2.24) is 19.5 Å². The predicted molar refractivity (Wildman–Crippen MR) is 127 cm³/mol. The lowest BCUT2D eigenvalue weighted by Gasteiger charge is -2.28. The maximum Gasteiger partial charge on any atom is 0.147 e. The number of ether oxygens (including phenoxy) is 1. The number of pyridine rings is 1. The lowest BCUT2D eigenvalue weighted by molar-refractivity contribution is -0.0317. The Morgan fingerprint density at radius 3 is 2.78 bits per heavy atom. The van der Waals surface area contributed by atoms with Crippen LogP contribution >= 0.6 is 15.9 Å². The summed E-state index contributed by atoms with van der Waals surface area (Å²) >= 11 is 3.38. The van der Waals surface area contributed by atoms with Gasteiger partial charge < -0.3 is 31.0 Å². The van der Waals surface area contributed by atoms with E-state index in [2.05, 4.69) is 30.9 Å². The van der Waals surface area contributed by atoms with Crippen LogP contribution in [0.5, 0.6) is 5.75 Å². The lowest BCUT2D eigenvalue weighted by Crippen LogP contribution is -2.31. The number of anilines is 2. The average molecular weight is 501 g/mol. The van der Waals surface area contributed by atoms with E-state index >= 15 is 0 Å². The Morgan fingerprint density at radius 2 is 2.00 bits per heavy atom. The van der Waals surface area contributed by atoms with Crippen molar-refractivity contribution in [3.63, 3.8) is 0 Å². The Balaban J connectivity index is 1.41. The standard InChI is InChI=1S/C22H25BrN6O3/c1-22(31,29-7-5-16-19(24)26-12-27-21(16)29)6-4-13(10-30)11-32-15-3-2-14-8-17(23)20(25)28-18(14)9-15/h2-3,5,7-9,12-13,30-31H,4,6,10-11H2,1H3,(H2,25,28)(H2,24,26,27)/t13-,22-/m0/s1. The number of hydrogen-bond acceptors (Lipinski definition) is 8. The van der Waals surface area contributed by atoms with Crippen molar-refractivity contribution >= 4 is 49.5 Å². The minimum atomic E-state index is -1.21. The SMILES string of the molecule is C[C@](O)(CC[C@@H](CO)COc1ccc2cc(Br)c(N)nc2c1)n1ccc2c(N)ncnc21. The molecule has 0 fully saturated rings. The summed E-state index contributed by atoms with van der Waals surface area (Å²) in [6, 6.07) is 9.27. The number of aromatic nitrogens is 4. The summed E-state index contributed by atoms with van der Waals surface area (Å²) in [5.41, 5.74) is 11.8. The number of rotatable bonds is 8. The second kappa shape index (κ2) is 8.89. The molecule has 3 aromatic heterocycles. The number of nitrogen functional groups attached to an aromatic ring is 2. The van der Waals surface area contributed by atoms with Crippen molar-refractivity contribution < 1.29 is 14.9 Å². The minimum Gasteiger partial charge on any atom is -0.493 e. The van der Waals surface area contributed by atoms with Crippen molar-refractivity contribution in [2.24, 2.45) is 5.92 Å². The summed E-state index contributed by atoms with van der Waals surface area (Å²) < 4.78 is 8.32. The van der Waals surface area contributed by atoms with Crippen LogP contribution in [-0.2, 0) is 5.72 Å². The highest BCUT2D eigenvalue weighted by molar-refractivity contribution is 9.10. The van der Waals surface area contributed by atoms with Gasteiger partial charge in [0.2, 0.25) is 0 Å². The Labute approximate surface area is 193 Å². The van der Waals surface area contributed by atoms with E-state index in [0.717, 1.165) is 15.4 Å². The molecule has 0 radical (unpaired) electrons. The summed E-state index contributed by atoms with van der Waals surface area (Å²) in [6.45, 7) is 1.94. The van der Waals surface area contributed by atoms with Gasteiger partial charge in [0.05, 0.1) is 22.0 Å². The Bertz CT molecular complexity index is 1260. The third-order valence-electron chi connectivity index (χ3n) is 5.57. The Hall–Kier alpha value is -2.95. The van der Waals surface area contributed by atoms with Crippen LogP contribution in [0.3, 0.4) is 0 Å². The second-order valence-corrected chi connectivity index (χ2v) is 8.86. The van der Waals surface area contributed by atoms with Gasteiger partial charge in [-0.2, -0.15) is 0 Å². The van der Waals surface area contributed by atoms with Crippen molar-refractivity contribution in [3.05, 3.63) is 47.3 Å². The first kappa shape index (κ1) is 22.3. The van der Waals surface area contributed by atoms with Gasteiger partial charge in [0.25, 0.3) is 0 Å². The quantitative estimate of drug-likeness (QED) is 0.288. The largest absolute Gasteiger partial charge is 0.493 e. The van der Waals surface area contributed by atoms with Crippen LogP contribution in [0.1, 0.15) is 19.8 Å². The molecule has 4 rings (SSSR count). The van der Waals surface area contributed by atoms with E-state index in [1.54, 1.807) is 23.8 Å². The normalized spacial score (nSPS) is 14.5. The molecule has 0 aliphatic rings. The van der Waals surface area contributed by atoms with Crippen LogP contribution in [0.15, 0.2) is 47.3 Å². The molecule has 168 valence electrons. The number of aliphatic hydroxyl groups is 2. The molecule has 1 aromatic carbocycles. The molecule has 9 nitrogen and oxygen atoms in total. The fourth-order valence-corrected chi connectivity index (χ4v) is 3.96. The maximum atomic E-state index is 11.1. The first-order chi connectivity index (χ1) is 15.3. The number of aliphatic hydroxyl groups excluding tert-OH is 1. The molecule has 3 heterocycles. The third kappa shape index (κ3) is 4.47. The van der Waals surface area contributed by atoms with E-state index in [1.165, 1.54) is 6.33 Å². The molecule has 32 heavy (non-hydrogen) atoms. The number of nitrogens with zero attached hydrogens (tertiary/aromatic N) is 4. The lowest BCUT2D eigenvalue weighted by atomic mass is 9.99. The van der Waals surface area contributed by atoms with Gasteiger partial charge in [0.1, 0.15) is 35.1 Å². The zero-order chi connectivity index (χ0) is 22.9. The highest BCUT2D eigenvalue weighted by atomic mass is 79.9. The van der Waals surface area contributed by atoms with Crippen LogP contribution in [0.4, 0.5) is 11.6 Å². The van der Waals surface area contributed by atoms with Crippen molar-refractivity contribution in [3.8, 4) is 5.75 Å². The van der Waals surface area contributed by atoms with Crippen LogP contribution in [0.25, 0.3) is 21.9 Å². The van der Waals surface area contributed by atoms with Crippen LogP contribution in [-0.4, -0.2) is 42.9 Å². The summed E-state index contributed by atoms with van der Waals surface area (Å²) in [5, 5.41) is 22.5. The number of hydrogen-bond donors (Lipinski definition) is 4. The maximum absolute atomic E-state index is 11.1. The van der Waals surface area contributed by atoms with Crippen molar-refractivity contribution in [2.75, 3.05) is 24.7 Å². The van der Waals surface area contributed by atoms with E-state index in [9.17, 15) is 10.2 Å². The molecule has 6 N–H and O–H groups in total. The molecule has 0 saturated heterocycles. The van der Waals surface area contributed by atoms with Crippen molar-refractivity contribution in [1.29, 1.82) is 0 Å². The molecule has 0 saturated carbocycles. The number of nitrogens with two attached hydrogens (primary N) is 2. The number of benzene rings is 1. The van der Waals surface area contributed by atoms with Crippen LogP contribution < -0.4 is 16.2 Å². The van der Waals surface area contributed by atoms with Crippen molar-refractivity contribution in [2.45, 2.75) is 25.5 Å². The van der Waals surface area contributed by atoms with Gasteiger partial charge in [0.15, 0.2) is 0 Å². The molecule has 4 aromatic rings. The Kier molecular flexibility index (Phi) is 6.18. The predicted octanol–water partition coefficient (Wildman–Crippen LogP) is 3.04. The molecule has 0 bridgehead atoms. The summed E-state index contributed by atoms with van der Waals surface area (Å²) in [4.78, 5) is 12.6.